The van der Waals surface area contributed by atoms with Gasteiger partial charge in [0.15, 0.2) is 0 Å². The number of carbonyl (C=O) groups is 1. The zero-order chi connectivity index (χ0) is 8.85. The molecule has 0 aromatic carbocycles. The number of hydrogen-bond acceptors (Lipinski definition) is 3. The third-order valence-electron chi connectivity index (χ3n) is 1.43. The first-order valence-electron chi connectivity index (χ1n) is 3.34. The van der Waals surface area contributed by atoms with Crippen LogP contribution in [0.15, 0.2) is 12.2 Å². The van der Waals surface area contributed by atoms with Crippen LogP contribution in [0.5, 0.6) is 0 Å². The van der Waals surface area contributed by atoms with Crippen molar-refractivity contribution in [1.82, 2.24) is 0 Å². The molecule has 0 aromatic rings. The van der Waals surface area contributed by atoms with Crippen LogP contribution in [0, 0.1) is 0 Å². The summed E-state index contributed by atoms with van der Waals surface area (Å²) in [4.78, 5) is 19.6. The lowest BCUT2D eigenvalue weighted by Crippen LogP contribution is -2.13. The van der Waals surface area contributed by atoms with Crippen LogP contribution in [-0.2, 0) is 9.53 Å². The van der Waals surface area contributed by atoms with Gasteiger partial charge in [-0.15, -0.1) is 0 Å². The fourth-order valence-corrected chi connectivity index (χ4v) is 1.15. The number of hydrogen-bond donors (Lipinski definition) is 1. The van der Waals surface area contributed by atoms with E-state index in [9.17, 15) is 4.79 Å². The van der Waals surface area contributed by atoms with Crippen molar-refractivity contribution < 1.29 is 14.3 Å². The Morgan fingerprint density at radius 2 is 2.36 bits per heavy atom. The average molecular weight is 172 g/mol. The van der Waals surface area contributed by atoms with E-state index in [2.05, 4.69) is 11.3 Å². The standard InChI is InChI=1S/C7H12O3Si/c1-4-6(11-9)5(2)7(8)10-3/h6,9H,2,4H2,1,3H3. The van der Waals surface area contributed by atoms with Crippen molar-refractivity contribution in [3.8, 4) is 0 Å². The van der Waals surface area contributed by atoms with Gasteiger partial charge in [0.2, 0.25) is 9.76 Å². The molecule has 0 aliphatic heterocycles. The largest absolute Gasteiger partial charge is 0.466 e. The quantitative estimate of drug-likeness (QED) is 0.382. The van der Waals surface area contributed by atoms with E-state index in [0.29, 0.717) is 12.0 Å². The van der Waals surface area contributed by atoms with Gasteiger partial charge in [-0.25, -0.2) is 4.79 Å². The summed E-state index contributed by atoms with van der Waals surface area (Å²) in [5.41, 5.74) is 0.221. The van der Waals surface area contributed by atoms with Crippen LogP contribution in [0.1, 0.15) is 13.3 Å². The minimum absolute atomic E-state index is 0.137. The molecule has 0 spiro atoms. The predicted octanol–water partition coefficient (Wildman–Crippen LogP) is 0.526. The van der Waals surface area contributed by atoms with E-state index in [0.717, 1.165) is 0 Å². The third kappa shape index (κ3) is 2.86. The van der Waals surface area contributed by atoms with Gasteiger partial charge in [0, 0.05) is 11.1 Å². The van der Waals surface area contributed by atoms with E-state index < -0.39 is 5.97 Å². The highest BCUT2D eigenvalue weighted by molar-refractivity contribution is 6.31. The number of ether oxygens (including phenoxy) is 1. The molecule has 0 saturated heterocycles. The summed E-state index contributed by atoms with van der Waals surface area (Å²) < 4.78 is 4.45. The van der Waals surface area contributed by atoms with E-state index in [4.69, 9.17) is 4.80 Å². The lowest BCUT2D eigenvalue weighted by Gasteiger charge is -2.10. The predicted molar refractivity (Wildman–Crippen MR) is 43.2 cm³/mol. The van der Waals surface area contributed by atoms with Gasteiger partial charge in [-0.05, 0) is 6.42 Å². The molecule has 0 aliphatic carbocycles. The zero-order valence-electron chi connectivity index (χ0n) is 6.76. The average Bonchev–Trinajstić information content (AvgIpc) is 2.05. The summed E-state index contributed by atoms with van der Waals surface area (Å²) in [5.74, 6) is -0.432. The van der Waals surface area contributed by atoms with Crippen LogP contribution in [0.4, 0.5) is 0 Å². The molecular weight excluding hydrogens is 160 g/mol. The fourth-order valence-electron chi connectivity index (χ4n) is 0.689. The van der Waals surface area contributed by atoms with E-state index >= 15 is 0 Å². The van der Waals surface area contributed by atoms with Crippen LogP contribution in [0.25, 0.3) is 0 Å². The Morgan fingerprint density at radius 3 is 2.64 bits per heavy atom. The van der Waals surface area contributed by atoms with Gasteiger partial charge >= 0.3 is 5.97 Å². The summed E-state index contributed by atoms with van der Waals surface area (Å²) in [5, 5.41) is 0. The van der Waals surface area contributed by atoms with Crippen molar-refractivity contribution in [2.75, 3.05) is 7.11 Å². The molecule has 0 heterocycles. The highest BCUT2D eigenvalue weighted by Crippen LogP contribution is 2.18. The van der Waals surface area contributed by atoms with Crippen LogP contribution in [0.3, 0.4) is 0 Å². The Kier molecular flexibility index (Phi) is 4.81. The highest BCUT2D eigenvalue weighted by Gasteiger charge is 2.17. The maximum absolute atomic E-state index is 10.8. The molecule has 0 amide bonds. The Hall–Kier alpha value is -0.613. The maximum Gasteiger partial charge on any atom is 0.333 e. The van der Waals surface area contributed by atoms with Crippen LogP contribution >= 0.6 is 0 Å². The summed E-state index contributed by atoms with van der Waals surface area (Å²) in [6.45, 7) is 5.43. The summed E-state index contributed by atoms with van der Waals surface area (Å²) in [6.07, 6.45) is 0.711. The number of methoxy groups -OCH3 is 1. The Balaban J connectivity index is 4.09. The fraction of sp³-hybridized carbons (Fsp3) is 0.571. The monoisotopic (exact) mass is 172 g/mol. The third-order valence-corrected chi connectivity index (χ3v) is 2.50. The second-order valence-electron chi connectivity index (χ2n) is 2.11. The molecular formula is C7H12O3Si. The molecule has 2 radical (unpaired) electrons. The second kappa shape index (κ2) is 5.09. The van der Waals surface area contributed by atoms with Crippen molar-refractivity contribution in [3.63, 3.8) is 0 Å². The van der Waals surface area contributed by atoms with E-state index in [1.54, 1.807) is 0 Å². The van der Waals surface area contributed by atoms with E-state index in [1.807, 2.05) is 6.92 Å². The molecule has 1 unspecified atom stereocenters. The van der Waals surface area contributed by atoms with Crippen LogP contribution in [-0.4, -0.2) is 27.6 Å². The van der Waals surface area contributed by atoms with Crippen LogP contribution < -0.4 is 0 Å². The molecule has 0 aromatic heterocycles. The molecule has 0 aliphatic rings. The molecule has 0 rings (SSSR count). The van der Waals surface area contributed by atoms with E-state index in [-0.39, 0.29) is 15.3 Å². The number of rotatable bonds is 4. The molecule has 11 heavy (non-hydrogen) atoms. The van der Waals surface area contributed by atoms with Crippen molar-refractivity contribution in [2.24, 2.45) is 0 Å². The second-order valence-corrected chi connectivity index (χ2v) is 3.06. The highest BCUT2D eigenvalue weighted by atomic mass is 28.2. The molecule has 4 heteroatoms. The Morgan fingerprint density at radius 1 is 1.82 bits per heavy atom. The van der Waals surface area contributed by atoms with Gasteiger partial charge < -0.3 is 9.53 Å². The Bertz CT molecular complexity index is 152. The molecule has 0 saturated carbocycles. The summed E-state index contributed by atoms with van der Waals surface area (Å²) >= 11 is 0. The molecule has 62 valence electrons. The maximum atomic E-state index is 10.8. The molecule has 0 fully saturated rings. The van der Waals surface area contributed by atoms with Gasteiger partial charge in [0.05, 0.1) is 7.11 Å². The van der Waals surface area contributed by atoms with Gasteiger partial charge in [0.1, 0.15) is 0 Å². The minimum atomic E-state index is -0.432. The molecule has 0 bridgehead atoms. The van der Waals surface area contributed by atoms with Crippen molar-refractivity contribution >= 4 is 15.7 Å². The van der Waals surface area contributed by atoms with Gasteiger partial charge in [-0.3, -0.25) is 0 Å². The first kappa shape index (κ1) is 10.4. The van der Waals surface area contributed by atoms with Gasteiger partial charge in [-0.1, -0.05) is 13.5 Å². The van der Waals surface area contributed by atoms with Crippen molar-refractivity contribution in [2.45, 2.75) is 18.9 Å². The van der Waals surface area contributed by atoms with Crippen molar-refractivity contribution in [3.05, 3.63) is 12.2 Å². The first-order chi connectivity index (χ1) is 5.17. The minimum Gasteiger partial charge on any atom is -0.466 e. The zero-order valence-corrected chi connectivity index (χ0v) is 7.76. The van der Waals surface area contributed by atoms with Gasteiger partial charge in [0.25, 0.3) is 0 Å². The van der Waals surface area contributed by atoms with E-state index in [1.165, 1.54) is 7.11 Å². The summed E-state index contributed by atoms with van der Waals surface area (Å²) in [7, 11) is 1.03. The number of carbonyl (C=O) groups excluding carboxylic acids is 1. The van der Waals surface area contributed by atoms with Crippen molar-refractivity contribution in [1.29, 1.82) is 0 Å². The molecule has 3 nitrogen and oxygen atoms in total. The first-order valence-corrected chi connectivity index (χ1v) is 4.36. The summed E-state index contributed by atoms with van der Waals surface area (Å²) in [6, 6.07) is 0. The smallest absolute Gasteiger partial charge is 0.333 e. The number of esters is 1. The molecule has 1 atom stereocenters. The van der Waals surface area contributed by atoms with Gasteiger partial charge in [-0.2, -0.15) is 0 Å². The SMILES string of the molecule is C=C(C(=O)OC)C(CC)[Si]O. The molecule has 1 N–H and O–H groups in total. The Labute approximate surface area is 69.0 Å². The lowest BCUT2D eigenvalue weighted by molar-refractivity contribution is -0.136. The lowest BCUT2D eigenvalue weighted by atomic mass is 10.2. The normalized spacial score (nSPS) is 12.3. The topological polar surface area (TPSA) is 46.5 Å². The van der Waals surface area contributed by atoms with Crippen LogP contribution in [0.2, 0.25) is 5.54 Å².